The van der Waals surface area contributed by atoms with Gasteiger partial charge in [-0.2, -0.15) is 0 Å². The lowest BCUT2D eigenvalue weighted by molar-refractivity contribution is -0.151. The number of rotatable bonds is 5. The van der Waals surface area contributed by atoms with Gasteiger partial charge in [-0.05, 0) is 36.9 Å². The van der Waals surface area contributed by atoms with Gasteiger partial charge >= 0.3 is 5.97 Å². The van der Waals surface area contributed by atoms with E-state index >= 15 is 0 Å². The van der Waals surface area contributed by atoms with Crippen molar-refractivity contribution in [3.05, 3.63) is 30.3 Å². The molecule has 4 nitrogen and oxygen atoms in total. The summed E-state index contributed by atoms with van der Waals surface area (Å²) in [6.45, 7) is 5.74. The lowest BCUT2D eigenvalue weighted by Crippen LogP contribution is -2.52. The summed E-state index contributed by atoms with van der Waals surface area (Å²) in [4.78, 5) is 12.1. The Kier molecular flexibility index (Phi) is 5.01. The number of hydrogen-bond donors (Lipinski definition) is 1. The number of carbonyl (C=O) groups is 1. The molecule has 1 aliphatic rings. The number of nitrogens with one attached hydrogen (secondary N) is 1. The van der Waals surface area contributed by atoms with Gasteiger partial charge in [0.05, 0.1) is 0 Å². The normalized spacial score (nSPS) is 21.2. The van der Waals surface area contributed by atoms with Crippen LogP contribution in [0.5, 0.6) is 5.75 Å². The fourth-order valence-electron chi connectivity index (χ4n) is 2.52. The van der Waals surface area contributed by atoms with Gasteiger partial charge in [0, 0.05) is 0 Å². The number of para-hydroxylation sites is 1. The van der Waals surface area contributed by atoms with Crippen molar-refractivity contribution >= 4 is 5.97 Å². The van der Waals surface area contributed by atoms with Crippen molar-refractivity contribution in [3.63, 3.8) is 0 Å². The van der Waals surface area contributed by atoms with Crippen LogP contribution in [0.25, 0.3) is 0 Å². The molecule has 0 aromatic heterocycles. The number of ether oxygens (including phenoxy) is 2. The maximum absolute atomic E-state index is 12.1. The highest BCUT2D eigenvalue weighted by molar-refractivity contribution is 5.77. The van der Waals surface area contributed by atoms with Gasteiger partial charge in [0.15, 0.2) is 0 Å². The quantitative estimate of drug-likeness (QED) is 0.663. The summed E-state index contributed by atoms with van der Waals surface area (Å²) in [6.07, 6.45) is 2.15. The second-order valence-corrected chi connectivity index (χ2v) is 5.81. The molecule has 0 amide bonds. The molecule has 1 aromatic rings. The van der Waals surface area contributed by atoms with Crippen molar-refractivity contribution < 1.29 is 14.3 Å². The average Bonchev–Trinajstić information content (AvgIpc) is 2.44. The lowest BCUT2D eigenvalue weighted by Gasteiger charge is -2.37. The van der Waals surface area contributed by atoms with Crippen LogP contribution >= 0.6 is 0 Å². The van der Waals surface area contributed by atoms with Crippen LogP contribution in [0, 0.1) is 5.41 Å². The summed E-state index contributed by atoms with van der Waals surface area (Å²) in [7, 11) is 0. The average molecular weight is 277 g/mol. The Morgan fingerprint density at radius 2 is 2.05 bits per heavy atom. The largest absolute Gasteiger partial charge is 0.490 e. The Morgan fingerprint density at radius 1 is 1.30 bits per heavy atom. The van der Waals surface area contributed by atoms with Crippen LogP contribution in [0.1, 0.15) is 26.7 Å². The molecule has 0 saturated carbocycles. The van der Waals surface area contributed by atoms with E-state index in [0.717, 1.165) is 25.1 Å². The number of piperidine rings is 1. The molecule has 2 rings (SSSR count). The maximum Gasteiger partial charge on any atom is 0.323 e. The number of esters is 1. The topological polar surface area (TPSA) is 47.6 Å². The van der Waals surface area contributed by atoms with Crippen LogP contribution in [0.4, 0.5) is 0 Å². The van der Waals surface area contributed by atoms with Crippen molar-refractivity contribution in [1.29, 1.82) is 0 Å². The highest BCUT2D eigenvalue weighted by atomic mass is 16.6. The van der Waals surface area contributed by atoms with Gasteiger partial charge in [-0.15, -0.1) is 0 Å². The highest BCUT2D eigenvalue weighted by Crippen LogP contribution is 2.30. The standard InChI is InChI=1S/C16H23NO3/c1-16(2)9-6-10-17-14(16)15(18)20-12-11-19-13-7-4-3-5-8-13/h3-5,7-8,14,17H,6,9-12H2,1-2H3. The first-order valence-electron chi connectivity index (χ1n) is 7.17. The van der Waals surface area contributed by atoms with Crippen LogP contribution in [0.15, 0.2) is 30.3 Å². The minimum absolute atomic E-state index is 0.0460. The summed E-state index contributed by atoms with van der Waals surface area (Å²) in [5.41, 5.74) is -0.0460. The minimum atomic E-state index is -0.215. The molecule has 1 fully saturated rings. The first-order chi connectivity index (χ1) is 9.59. The molecule has 0 aliphatic carbocycles. The van der Waals surface area contributed by atoms with Crippen molar-refractivity contribution in [2.24, 2.45) is 5.41 Å². The van der Waals surface area contributed by atoms with E-state index in [1.165, 1.54) is 0 Å². The van der Waals surface area contributed by atoms with E-state index in [1.807, 2.05) is 30.3 Å². The summed E-state index contributed by atoms with van der Waals surface area (Å²) in [6, 6.07) is 9.31. The highest BCUT2D eigenvalue weighted by Gasteiger charge is 2.38. The monoisotopic (exact) mass is 277 g/mol. The minimum Gasteiger partial charge on any atom is -0.490 e. The zero-order chi connectivity index (χ0) is 14.4. The number of hydrogen-bond acceptors (Lipinski definition) is 4. The molecule has 1 heterocycles. The van der Waals surface area contributed by atoms with Gasteiger partial charge < -0.3 is 14.8 Å². The van der Waals surface area contributed by atoms with Gasteiger partial charge in [-0.3, -0.25) is 4.79 Å². The Bertz CT molecular complexity index is 431. The van der Waals surface area contributed by atoms with E-state index in [2.05, 4.69) is 19.2 Å². The molecular weight excluding hydrogens is 254 g/mol. The third-order valence-electron chi connectivity index (χ3n) is 3.70. The summed E-state index contributed by atoms with van der Waals surface area (Å²) >= 11 is 0. The Morgan fingerprint density at radius 3 is 2.75 bits per heavy atom. The van der Waals surface area contributed by atoms with E-state index < -0.39 is 0 Å². The molecule has 1 atom stereocenters. The molecule has 0 spiro atoms. The third-order valence-corrected chi connectivity index (χ3v) is 3.70. The summed E-state index contributed by atoms with van der Waals surface area (Å²) in [5, 5.41) is 3.25. The molecule has 1 N–H and O–H groups in total. The fourth-order valence-corrected chi connectivity index (χ4v) is 2.52. The van der Waals surface area contributed by atoms with Gasteiger partial charge in [-0.1, -0.05) is 32.0 Å². The summed E-state index contributed by atoms with van der Waals surface area (Å²) < 4.78 is 10.8. The van der Waals surface area contributed by atoms with Crippen LogP contribution in [-0.2, 0) is 9.53 Å². The zero-order valence-corrected chi connectivity index (χ0v) is 12.2. The lowest BCUT2D eigenvalue weighted by atomic mass is 9.77. The molecule has 1 unspecified atom stereocenters. The SMILES string of the molecule is CC1(C)CCCNC1C(=O)OCCOc1ccccc1. The fraction of sp³-hybridized carbons (Fsp3) is 0.562. The van der Waals surface area contributed by atoms with Crippen molar-refractivity contribution in [1.82, 2.24) is 5.32 Å². The molecule has 110 valence electrons. The predicted molar refractivity (Wildman–Crippen MR) is 77.7 cm³/mol. The first kappa shape index (κ1) is 14.9. The summed E-state index contributed by atoms with van der Waals surface area (Å²) in [5.74, 6) is 0.617. The Hall–Kier alpha value is -1.55. The third kappa shape index (κ3) is 3.97. The predicted octanol–water partition coefficient (Wildman–Crippen LogP) is 2.39. The van der Waals surface area contributed by atoms with Crippen LogP contribution in [0.3, 0.4) is 0 Å². The molecule has 4 heteroatoms. The molecule has 1 aliphatic heterocycles. The Balaban J connectivity index is 1.72. The second-order valence-electron chi connectivity index (χ2n) is 5.81. The van der Waals surface area contributed by atoms with Gasteiger partial charge in [0.2, 0.25) is 0 Å². The molecule has 1 aromatic carbocycles. The molecular formula is C16H23NO3. The second kappa shape index (κ2) is 6.75. The maximum atomic E-state index is 12.1. The zero-order valence-electron chi connectivity index (χ0n) is 12.2. The van der Waals surface area contributed by atoms with E-state index in [4.69, 9.17) is 9.47 Å². The van der Waals surface area contributed by atoms with Crippen LogP contribution in [-0.4, -0.2) is 31.8 Å². The van der Waals surface area contributed by atoms with Gasteiger partial charge in [0.1, 0.15) is 25.0 Å². The van der Waals surface area contributed by atoms with E-state index in [9.17, 15) is 4.79 Å². The van der Waals surface area contributed by atoms with E-state index in [-0.39, 0.29) is 24.0 Å². The Labute approximate surface area is 120 Å². The van der Waals surface area contributed by atoms with E-state index in [1.54, 1.807) is 0 Å². The number of benzene rings is 1. The smallest absolute Gasteiger partial charge is 0.323 e. The number of carbonyl (C=O) groups excluding carboxylic acids is 1. The van der Waals surface area contributed by atoms with Crippen molar-refractivity contribution in [3.8, 4) is 5.75 Å². The van der Waals surface area contributed by atoms with Crippen molar-refractivity contribution in [2.75, 3.05) is 19.8 Å². The van der Waals surface area contributed by atoms with Crippen molar-refractivity contribution in [2.45, 2.75) is 32.7 Å². The van der Waals surface area contributed by atoms with E-state index in [0.29, 0.717) is 6.61 Å². The molecule has 1 saturated heterocycles. The van der Waals surface area contributed by atoms with Gasteiger partial charge in [-0.25, -0.2) is 0 Å². The van der Waals surface area contributed by atoms with Crippen LogP contribution < -0.4 is 10.1 Å². The molecule has 20 heavy (non-hydrogen) atoms. The molecule has 0 bridgehead atoms. The first-order valence-corrected chi connectivity index (χ1v) is 7.17. The molecule has 0 radical (unpaired) electrons. The van der Waals surface area contributed by atoms with Gasteiger partial charge in [0.25, 0.3) is 0 Å². The van der Waals surface area contributed by atoms with Crippen LogP contribution in [0.2, 0.25) is 0 Å².